The summed E-state index contributed by atoms with van der Waals surface area (Å²) in [5, 5.41) is 29.9. The van der Waals surface area contributed by atoms with Gasteiger partial charge in [-0.15, -0.1) is 0 Å². The van der Waals surface area contributed by atoms with Crippen molar-refractivity contribution in [3.8, 4) is 11.8 Å². The Labute approximate surface area is 137 Å². The maximum absolute atomic E-state index is 12.9. The van der Waals surface area contributed by atoms with Gasteiger partial charge in [-0.05, 0) is 0 Å². The number of ether oxygens (including phenoxy) is 1. The lowest BCUT2D eigenvalue weighted by molar-refractivity contribution is -0.384. The van der Waals surface area contributed by atoms with Crippen LogP contribution >= 0.6 is 0 Å². The van der Waals surface area contributed by atoms with E-state index in [1.165, 1.54) is 6.07 Å². The number of nitro benzene ring substituents is 1. The average molecular weight is 362 g/mol. The summed E-state index contributed by atoms with van der Waals surface area (Å²) < 4.78 is 54.4. The van der Waals surface area contributed by atoms with Crippen LogP contribution in [0, 0.1) is 26.9 Å². The monoisotopic (exact) mass is 362 g/mol. The SMILES string of the molecule is N#C/C(=N\Nc1cc(OCC(F)(F)C(F)F)cc([N+](=O)[O-])c1)C(=N)N. The van der Waals surface area contributed by atoms with Gasteiger partial charge in [0.05, 0.1) is 16.7 Å². The van der Waals surface area contributed by atoms with Gasteiger partial charge in [0.15, 0.2) is 12.4 Å². The molecule has 0 aromatic heterocycles. The van der Waals surface area contributed by atoms with Crippen molar-refractivity contribution >= 4 is 22.9 Å². The quantitative estimate of drug-likeness (QED) is 0.212. The van der Waals surface area contributed by atoms with E-state index in [9.17, 15) is 27.7 Å². The lowest BCUT2D eigenvalue weighted by Gasteiger charge is -2.16. The highest BCUT2D eigenvalue weighted by Gasteiger charge is 2.41. The second-order valence-electron chi connectivity index (χ2n) is 4.42. The van der Waals surface area contributed by atoms with Crippen LogP contribution < -0.4 is 15.9 Å². The summed E-state index contributed by atoms with van der Waals surface area (Å²) in [5.74, 6) is -5.64. The zero-order valence-corrected chi connectivity index (χ0v) is 12.2. The van der Waals surface area contributed by atoms with Crippen LogP contribution in [0.1, 0.15) is 0 Å². The molecule has 0 aliphatic rings. The van der Waals surface area contributed by atoms with E-state index in [4.69, 9.17) is 16.4 Å². The molecule has 134 valence electrons. The summed E-state index contributed by atoms with van der Waals surface area (Å²) in [6, 6.07) is 4.08. The van der Waals surface area contributed by atoms with Crippen molar-refractivity contribution in [1.29, 1.82) is 10.7 Å². The number of nitrogens with zero attached hydrogens (tertiary/aromatic N) is 3. The maximum atomic E-state index is 12.9. The van der Waals surface area contributed by atoms with Crippen LogP contribution in [0.3, 0.4) is 0 Å². The molecular formula is C12H10F4N6O3. The van der Waals surface area contributed by atoms with Gasteiger partial charge in [0, 0.05) is 12.1 Å². The van der Waals surface area contributed by atoms with Crippen molar-refractivity contribution in [2.24, 2.45) is 10.8 Å². The Kier molecular flexibility index (Phi) is 6.20. The molecule has 1 aromatic carbocycles. The summed E-state index contributed by atoms with van der Waals surface area (Å²) in [5.41, 5.74) is 5.86. The van der Waals surface area contributed by atoms with Crippen molar-refractivity contribution in [2.75, 3.05) is 12.0 Å². The number of nitro groups is 1. The average Bonchev–Trinajstić information content (AvgIpc) is 2.53. The van der Waals surface area contributed by atoms with Gasteiger partial charge in [-0.25, -0.2) is 8.78 Å². The number of halogens is 4. The Balaban J connectivity index is 3.08. The molecule has 0 atom stereocenters. The Bertz CT molecular complexity index is 747. The molecule has 0 radical (unpaired) electrons. The number of hydrazone groups is 1. The molecule has 1 aromatic rings. The third-order valence-corrected chi connectivity index (χ3v) is 2.51. The van der Waals surface area contributed by atoms with Gasteiger partial charge in [-0.2, -0.15) is 19.1 Å². The second-order valence-corrected chi connectivity index (χ2v) is 4.42. The van der Waals surface area contributed by atoms with Gasteiger partial charge < -0.3 is 10.5 Å². The molecule has 0 heterocycles. The second kappa shape index (κ2) is 7.90. The van der Waals surface area contributed by atoms with Gasteiger partial charge in [0.1, 0.15) is 11.8 Å². The number of hydrogen-bond donors (Lipinski definition) is 3. The third-order valence-electron chi connectivity index (χ3n) is 2.51. The van der Waals surface area contributed by atoms with Crippen LogP contribution in [0.2, 0.25) is 0 Å². The predicted molar refractivity (Wildman–Crippen MR) is 78.1 cm³/mol. The summed E-state index contributed by atoms with van der Waals surface area (Å²) in [4.78, 5) is 9.94. The minimum absolute atomic E-state index is 0.182. The molecule has 4 N–H and O–H groups in total. The summed E-state index contributed by atoms with van der Waals surface area (Å²) in [6.45, 7) is -1.70. The van der Waals surface area contributed by atoms with Crippen LogP contribution in [-0.4, -0.2) is 35.4 Å². The zero-order chi connectivity index (χ0) is 19.2. The van der Waals surface area contributed by atoms with Crippen LogP contribution in [-0.2, 0) is 0 Å². The maximum Gasteiger partial charge on any atom is 0.340 e. The first-order chi connectivity index (χ1) is 11.6. The first-order valence-electron chi connectivity index (χ1n) is 6.23. The molecule has 9 nitrogen and oxygen atoms in total. The van der Waals surface area contributed by atoms with E-state index in [1.807, 2.05) is 0 Å². The molecule has 0 aliphatic carbocycles. The molecule has 0 fully saturated rings. The van der Waals surface area contributed by atoms with Crippen LogP contribution in [0.4, 0.5) is 28.9 Å². The van der Waals surface area contributed by atoms with Crippen molar-refractivity contribution in [3.05, 3.63) is 28.3 Å². The van der Waals surface area contributed by atoms with E-state index in [1.54, 1.807) is 0 Å². The van der Waals surface area contributed by atoms with E-state index in [-0.39, 0.29) is 5.69 Å². The molecule has 0 saturated heterocycles. The number of anilines is 1. The largest absolute Gasteiger partial charge is 0.487 e. The number of benzene rings is 1. The molecule has 0 saturated carbocycles. The van der Waals surface area contributed by atoms with Gasteiger partial charge in [0.2, 0.25) is 5.71 Å². The van der Waals surface area contributed by atoms with E-state index in [0.29, 0.717) is 0 Å². The molecule has 25 heavy (non-hydrogen) atoms. The molecule has 1 rings (SSSR count). The topological polar surface area (TPSA) is 150 Å². The Morgan fingerprint density at radius 3 is 2.64 bits per heavy atom. The molecule has 0 unspecified atom stereocenters. The Morgan fingerprint density at radius 1 is 1.52 bits per heavy atom. The highest BCUT2D eigenvalue weighted by Crippen LogP contribution is 2.29. The predicted octanol–water partition coefficient (Wildman–Crippen LogP) is 2.10. The number of nitriles is 1. The van der Waals surface area contributed by atoms with Crippen LogP contribution in [0.15, 0.2) is 23.3 Å². The fraction of sp³-hybridized carbons (Fsp3) is 0.250. The smallest absolute Gasteiger partial charge is 0.340 e. The number of non-ortho nitro benzene ring substituents is 1. The van der Waals surface area contributed by atoms with Crippen LogP contribution in [0.5, 0.6) is 5.75 Å². The van der Waals surface area contributed by atoms with E-state index < -0.39 is 46.9 Å². The van der Waals surface area contributed by atoms with E-state index in [0.717, 1.165) is 18.2 Å². The molecule has 13 heteroatoms. The highest BCUT2D eigenvalue weighted by molar-refractivity contribution is 6.45. The van der Waals surface area contributed by atoms with Gasteiger partial charge in [0.25, 0.3) is 5.69 Å². The minimum atomic E-state index is -4.45. The van der Waals surface area contributed by atoms with E-state index in [2.05, 4.69) is 15.3 Å². The van der Waals surface area contributed by atoms with Crippen LogP contribution in [0.25, 0.3) is 0 Å². The highest BCUT2D eigenvalue weighted by atomic mass is 19.3. The lowest BCUT2D eigenvalue weighted by atomic mass is 10.2. The van der Waals surface area contributed by atoms with Crippen molar-refractivity contribution in [1.82, 2.24) is 0 Å². The normalized spacial score (nSPS) is 11.8. The van der Waals surface area contributed by atoms with E-state index >= 15 is 0 Å². The van der Waals surface area contributed by atoms with Crippen molar-refractivity contribution in [2.45, 2.75) is 12.3 Å². The molecular weight excluding hydrogens is 352 g/mol. The molecule has 0 amide bonds. The number of nitrogens with two attached hydrogens (primary N) is 1. The number of amidine groups is 1. The van der Waals surface area contributed by atoms with Gasteiger partial charge >= 0.3 is 12.3 Å². The lowest BCUT2D eigenvalue weighted by Crippen LogP contribution is -2.33. The fourth-order valence-corrected chi connectivity index (χ4v) is 1.35. The standard InChI is InChI=1S/C12H10F4N6O3/c13-11(14)12(15,16)5-25-8-2-6(1-7(3-8)22(23)24)20-21-9(4-17)10(18)19/h1-3,11,20H,5H2,(H3,18,19)/b21-9+. The fourth-order valence-electron chi connectivity index (χ4n) is 1.35. The molecule has 0 bridgehead atoms. The molecule has 0 spiro atoms. The first-order valence-corrected chi connectivity index (χ1v) is 6.23. The number of rotatable bonds is 8. The number of nitrogens with one attached hydrogen (secondary N) is 2. The number of alkyl halides is 4. The summed E-state index contributed by atoms with van der Waals surface area (Å²) >= 11 is 0. The number of hydrogen-bond acceptors (Lipinski definition) is 7. The Hall–Kier alpha value is -3.43. The zero-order valence-electron chi connectivity index (χ0n) is 12.2. The van der Waals surface area contributed by atoms with Gasteiger partial charge in [-0.3, -0.25) is 20.9 Å². The van der Waals surface area contributed by atoms with Crippen molar-refractivity contribution < 1.29 is 27.2 Å². The van der Waals surface area contributed by atoms with Gasteiger partial charge in [-0.1, -0.05) is 0 Å². The Morgan fingerprint density at radius 2 is 2.16 bits per heavy atom. The third kappa shape index (κ3) is 5.61. The molecule has 0 aliphatic heterocycles. The summed E-state index contributed by atoms with van der Waals surface area (Å²) in [6.07, 6.45) is -3.97. The first kappa shape index (κ1) is 19.6. The van der Waals surface area contributed by atoms with Crippen molar-refractivity contribution in [3.63, 3.8) is 0 Å². The minimum Gasteiger partial charge on any atom is -0.487 e. The summed E-state index contributed by atoms with van der Waals surface area (Å²) in [7, 11) is 0.